The van der Waals surface area contributed by atoms with E-state index >= 15 is 0 Å². The molecule has 2 aromatic heterocycles. The van der Waals surface area contributed by atoms with E-state index in [9.17, 15) is 9.59 Å². The fourth-order valence-electron chi connectivity index (χ4n) is 2.71. The minimum Gasteiger partial charge on any atom is -0.480 e. The Morgan fingerprint density at radius 2 is 2.29 bits per heavy atom. The minimum atomic E-state index is -0.956. The standard InChI is InChI=1S/C14H16N4O3/c1-17-6-2-4-11(17)9-8-10(16-15-9)13(19)18-7-3-5-12(18)14(20)21/h2,4,6,8,12H,3,5,7H2,1H3,(H,15,16)(H,20,21)/t12-/m0/s1. The molecule has 0 aromatic carbocycles. The molecule has 0 saturated carbocycles. The van der Waals surface area contributed by atoms with Crippen LogP contribution < -0.4 is 0 Å². The molecule has 1 aliphatic heterocycles. The molecule has 0 bridgehead atoms. The molecular formula is C14H16N4O3. The van der Waals surface area contributed by atoms with Gasteiger partial charge in [0, 0.05) is 19.8 Å². The van der Waals surface area contributed by atoms with Gasteiger partial charge in [-0.25, -0.2) is 4.79 Å². The van der Waals surface area contributed by atoms with Crippen LogP contribution in [-0.4, -0.2) is 49.2 Å². The van der Waals surface area contributed by atoms with Crippen molar-refractivity contribution in [3.63, 3.8) is 0 Å². The molecule has 0 radical (unpaired) electrons. The highest BCUT2D eigenvalue weighted by Gasteiger charge is 2.35. The highest BCUT2D eigenvalue weighted by molar-refractivity contribution is 5.96. The maximum absolute atomic E-state index is 12.4. The monoisotopic (exact) mass is 288 g/mol. The van der Waals surface area contributed by atoms with Crippen LogP contribution in [0.15, 0.2) is 24.4 Å². The van der Waals surface area contributed by atoms with E-state index in [4.69, 9.17) is 5.11 Å². The van der Waals surface area contributed by atoms with E-state index < -0.39 is 12.0 Å². The predicted octanol–water partition coefficient (Wildman–Crippen LogP) is 1.10. The summed E-state index contributed by atoms with van der Waals surface area (Å²) < 4.78 is 1.90. The van der Waals surface area contributed by atoms with Gasteiger partial charge in [-0.15, -0.1) is 0 Å². The summed E-state index contributed by atoms with van der Waals surface area (Å²) in [4.78, 5) is 25.0. The Morgan fingerprint density at radius 3 is 2.95 bits per heavy atom. The molecule has 2 N–H and O–H groups in total. The van der Waals surface area contributed by atoms with Crippen LogP contribution in [0.4, 0.5) is 0 Å². The topological polar surface area (TPSA) is 91.2 Å². The van der Waals surface area contributed by atoms with Gasteiger partial charge in [0.25, 0.3) is 5.91 Å². The van der Waals surface area contributed by atoms with E-state index in [2.05, 4.69) is 10.2 Å². The van der Waals surface area contributed by atoms with Crippen molar-refractivity contribution < 1.29 is 14.7 Å². The number of aromatic nitrogens is 3. The molecule has 2 aromatic rings. The zero-order chi connectivity index (χ0) is 15.0. The fraction of sp³-hybridized carbons (Fsp3) is 0.357. The fourth-order valence-corrected chi connectivity index (χ4v) is 2.71. The van der Waals surface area contributed by atoms with E-state index in [0.29, 0.717) is 30.8 Å². The molecule has 3 heterocycles. The van der Waals surface area contributed by atoms with E-state index in [1.54, 1.807) is 6.07 Å². The molecule has 110 valence electrons. The summed E-state index contributed by atoms with van der Waals surface area (Å²) in [6.45, 7) is 0.467. The van der Waals surface area contributed by atoms with Crippen molar-refractivity contribution in [1.82, 2.24) is 19.7 Å². The molecule has 1 atom stereocenters. The molecule has 0 aliphatic carbocycles. The van der Waals surface area contributed by atoms with E-state index in [0.717, 1.165) is 5.69 Å². The Labute approximate surface area is 121 Å². The van der Waals surface area contributed by atoms with Crippen LogP contribution in [0.3, 0.4) is 0 Å². The summed E-state index contributed by atoms with van der Waals surface area (Å²) in [6, 6.07) is 4.72. The maximum atomic E-state index is 12.4. The SMILES string of the molecule is Cn1cccc1-c1cc(C(=O)N2CCC[C@H]2C(=O)O)[nH]n1. The van der Waals surface area contributed by atoms with E-state index in [1.165, 1.54) is 4.90 Å². The molecule has 1 fully saturated rings. The highest BCUT2D eigenvalue weighted by atomic mass is 16.4. The first-order valence-electron chi connectivity index (χ1n) is 6.79. The minimum absolute atomic E-state index is 0.312. The number of amides is 1. The Bertz CT molecular complexity index is 688. The van der Waals surface area contributed by atoms with Crippen LogP contribution in [0.5, 0.6) is 0 Å². The molecule has 0 unspecified atom stereocenters. The molecular weight excluding hydrogens is 272 g/mol. The predicted molar refractivity (Wildman–Crippen MR) is 74.7 cm³/mol. The number of H-pyrrole nitrogens is 1. The van der Waals surface area contributed by atoms with Crippen molar-refractivity contribution >= 4 is 11.9 Å². The summed E-state index contributed by atoms with van der Waals surface area (Å²) in [5.74, 6) is -1.27. The van der Waals surface area contributed by atoms with Crippen molar-refractivity contribution in [2.24, 2.45) is 7.05 Å². The Balaban J connectivity index is 1.85. The van der Waals surface area contributed by atoms with Gasteiger partial charge in [-0.05, 0) is 31.0 Å². The lowest BCUT2D eigenvalue weighted by Crippen LogP contribution is -2.40. The number of nitrogens with one attached hydrogen (secondary N) is 1. The first-order valence-corrected chi connectivity index (χ1v) is 6.79. The van der Waals surface area contributed by atoms with Crippen molar-refractivity contribution in [2.45, 2.75) is 18.9 Å². The summed E-state index contributed by atoms with van der Waals surface area (Å²) in [5, 5.41) is 16.0. The van der Waals surface area contributed by atoms with Gasteiger partial charge >= 0.3 is 5.97 Å². The number of aromatic amines is 1. The van der Waals surface area contributed by atoms with Gasteiger partial charge in [0.1, 0.15) is 17.4 Å². The smallest absolute Gasteiger partial charge is 0.326 e. The summed E-state index contributed by atoms with van der Waals surface area (Å²) in [7, 11) is 1.90. The van der Waals surface area contributed by atoms with Crippen LogP contribution in [0, 0.1) is 0 Å². The third-order valence-corrected chi connectivity index (χ3v) is 3.81. The number of carboxylic acid groups (broad SMARTS) is 1. The van der Waals surface area contributed by atoms with Crippen molar-refractivity contribution in [2.75, 3.05) is 6.54 Å². The number of hydrogen-bond acceptors (Lipinski definition) is 3. The Kier molecular flexibility index (Phi) is 3.25. The molecule has 21 heavy (non-hydrogen) atoms. The number of carbonyl (C=O) groups is 2. The molecule has 1 amide bonds. The number of carbonyl (C=O) groups excluding carboxylic acids is 1. The number of aliphatic carboxylic acids is 1. The Hall–Kier alpha value is -2.57. The Morgan fingerprint density at radius 1 is 1.48 bits per heavy atom. The zero-order valence-electron chi connectivity index (χ0n) is 11.6. The van der Waals surface area contributed by atoms with Crippen molar-refractivity contribution in [3.05, 3.63) is 30.1 Å². The second kappa shape index (κ2) is 5.08. The van der Waals surface area contributed by atoms with Gasteiger partial charge in [0.15, 0.2) is 0 Å². The number of likely N-dealkylation sites (tertiary alicyclic amines) is 1. The normalized spacial score (nSPS) is 18.1. The van der Waals surface area contributed by atoms with Crippen LogP contribution in [-0.2, 0) is 11.8 Å². The van der Waals surface area contributed by atoms with Crippen LogP contribution in [0.25, 0.3) is 11.4 Å². The quantitative estimate of drug-likeness (QED) is 0.885. The van der Waals surface area contributed by atoms with E-state index in [-0.39, 0.29) is 5.91 Å². The third-order valence-electron chi connectivity index (χ3n) is 3.81. The molecule has 1 saturated heterocycles. The van der Waals surface area contributed by atoms with Gasteiger partial charge in [-0.1, -0.05) is 0 Å². The third kappa shape index (κ3) is 2.31. The highest BCUT2D eigenvalue weighted by Crippen LogP contribution is 2.22. The van der Waals surface area contributed by atoms with Gasteiger partial charge in [-0.3, -0.25) is 9.89 Å². The molecule has 7 nitrogen and oxygen atoms in total. The van der Waals surface area contributed by atoms with Gasteiger partial charge in [-0.2, -0.15) is 5.10 Å². The number of carboxylic acids is 1. The summed E-state index contributed by atoms with van der Waals surface area (Å²) in [6.07, 6.45) is 3.10. The van der Waals surface area contributed by atoms with Crippen LogP contribution in [0.1, 0.15) is 23.3 Å². The zero-order valence-corrected chi connectivity index (χ0v) is 11.6. The number of aryl methyl sites for hydroxylation is 1. The number of rotatable bonds is 3. The first kappa shape index (κ1) is 13.4. The van der Waals surface area contributed by atoms with E-state index in [1.807, 2.05) is 29.9 Å². The summed E-state index contributed by atoms with van der Waals surface area (Å²) >= 11 is 0. The van der Waals surface area contributed by atoms with Gasteiger partial charge < -0.3 is 14.6 Å². The second-order valence-electron chi connectivity index (χ2n) is 5.17. The molecule has 7 heteroatoms. The summed E-state index contributed by atoms with van der Waals surface area (Å²) in [5.41, 5.74) is 1.87. The number of hydrogen-bond donors (Lipinski definition) is 2. The van der Waals surface area contributed by atoms with Crippen LogP contribution in [0.2, 0.25) is 0 Å². The lowest BCUT2D eigenvalue weighted by atomic mass is 10.2. The molecule has 3 rings (SSSR count). The molecule has 1 aliphatic rings. The maximum Gasteiger partial charge on any atom is 0.326 e. The largest absolute Gasteiger partial charge is 0.480 e. The van der Waals surface area contributed by atoms with Crippen molar-refractivity contribution in [1.29, 1.82) is 0 Å². The first-order chi connectivity index (χ1) is 10.1. The van der Waals surface area contributed by atoms with Gasteiger partial charge in [0.05, 0.1) is 5.69 Å². The molecule has 0 spiro atoms. The lowest BCUT2D eigenvalue weighted by Gasteiger charge is -2.20. The van der Waals surface area contributed by atoms with Crippen molar-refractivity contribution in [3.8, 4) is 11.4 Å². The lowest BCUT2D eigenvalue weighted by molar-refractivity contribution is -0.141. The average Bonchev–Trinajstić information content (AvgIpc) is 3.17. The van der Waals surface area contributed by atoms with Gasteiger partial charge in [0.2, 0.25) is 0 Å². The average molecular weight is 288 g/mol. The van der Waals surface area contributed by atoms with Crippen LogP contribution >= 0.6 is 0 Å². The second-order valence-corrected chi connectivity index (χ2v) is 5.17. The number of nitrogens with zero attached hydrogens (tertiary/aromatic N) is 3.